The Morgan fingerprint density at radius 3 is 2.35 bits per heavy atom. The van der Waals surface area contributed by atoms with Crippen molar-refractivity contribution in [1.82, 2.24) is 0 Å². The summed E-state index contributed by atoms with van der Waals surface area (Å²) in [5.41, 5.74) is 0. The van der Waals surface area contributed by atoms with Crippen LogP contribution in [0.25, 0.3) is 0 Å². The lowest BCUT2D eigenvalue weighted by Gasteiger charge is -2.43. The molecule has 0 unspecified atom stereocenters. The Morgan fingerprint density at radius 1 is 1.41 bits per heavy atom. The minimum absolute atomic E-state index is 0.0314. The van der Waals surface area contributed by atoms with Crippen molar-refractivity contribution in [2.24, 2.45) is 0 Å². The summed E-state index contributed by atoms with van der Waals surface area (Å²) in [6, 6.07) is 0. The van der Waals surface area contributed by atoms with Crippen molar-refractivity contribution < 1.29 is 19.1 Å². The number of carbonyl (C=O) groups excluding carboxylic acids is 1. The molecule has 1 aliphatic rings. The molecule has 3 atom stereocenters. The molecular weight excluding hydrogens is 236 g/mol. The maximum absolute atomic E-state index is 11.2. The third-order valence-electron chi connectivity index (χ3n) is 3.77. The number of hydrogen-bond acceptors (Lipinski definition) is 4. The smallest absolute Gasteiger partial charge is 0.308 e. The minimum Gasteiger partial charge on any atom is -0.460 e. The first kappa shape index (κ1) is 14.7. The number of ether oxygens (including phenoxy) is 1. The van der Waals surface area contributed by atoms with E-state index in [1.54, 1.807) is 6.92 Å². The topological polar surface area (TPSA) is 55.8 Å². The molecule has 1 saturated heterocycles. The Balaban J connectivity index is 2.77. The first-order valence-electron chi connectivity index (χ1n) is 6.10. The highest BCUT2D eigenvalue weighted by atomic mass is 28.4. The zero-order valence-corrected chi connectivity index (χ0v) is 12.6. The highest BCUT2D eigenvalue weighted by Crippen LogP contribution is 2.38. The number of carbonyl (C=O) groups is 1. The van der Waals surface area contributed by atoms with E-state index in [1.807, 2.05) is 0 Å². The second-order valence-corrected chi connectivity index (χ2v) is 11.1. The lowest BCUT2D eigenvalue weighted by Crippen LogP contribution is -2.54. The number of esters is 1. The van der Waals surface area contributed by atoms with Gasteiger partial charge >= 0.3 is 5.97 Å². The predicted molar refractivity (Wildman–Crippen MR) is 68.2 cm³/mol. The van der Waals surface area contributed by atoms with E-state index in [0.717, 1.165) is 0 Å². The van der Waals surface area contributed by atoms with E-state index in [2.05, 4.69) is 33.9 Å². The molecule has 1 aliphatic heterocycles. The number of aliphatic hydroxyl groups is 1. The molecule has 1 rings (SSSR count). The molecule has 0 aliphatic carbocycles. The summed E-state index contributed by atoms with van der Waals surface area (Å²) in [6.07, 6.45) is -1.49. The Labute approximate surface area is 104 Å². The van der Waals surface area contributed by atoms with Crippen molar-refractivity contribution >= 4 is 14.3 Å². The predicted octanol–water partition coefficient (Wildman–Crippen LogP) is 2.07. The highest BCUT2D eigenvalue weighted by molar-refractivity contribution is 6.74. The van der Waals surface area contributed by atoms with Crippen LogP contribution in [0.15, 0.2) is 0 Å². The summed E-state index contributed by atoms with van der Waals surface area (Å²) < 4.78 is 11.3. The van der Waals surface area contributed by atoms with Crippen molar-refractivity contribution in [3.8, 4) is 0 Å². The molecule has 0 amide bonds. The zero-order chi connectivity index (χ0) is 13.4. The van der Waals surface area contributed by atoms with Crippen LogP contribution in [0.2, 0.25) is 18.1 Å². The summed E-state index contributed by atoms with van der Waals surface area (Å²) in [6.45, 7) is 12.5. The monoisotopic (exact) mass is 260 g/mol. The second-order valence-electron chi connectivity index (χ2n) is 6.31. The SMILES string of the molecule is C[C@@H]1OC(=O)C[C@H](O)[C@H]1O[Si](C)(C)C(C)(C)C. The van der Waals surface area contributed by atoms with Gasteiger partial charge in [0.25, 0.3) is 0 Å². The Morgan fingerprint density at radius 2 is 1.94 bits per heavy atom. The lowest BCUT2D eigenvalue weighted by molar-refractivity contribution is -0.173. The molecule has 0 spiro atoms. The number of aliphatic hydroxyl groups excluding tert-OH is 1. The van der Waals surface area contributed by atoms with Crippen LogP contribution in [-0.2, 0) is 14.0 Å². The van der Waals surface area contributed by atoms with Crippen molar-refractivity contribution in [3.63, 3.8) is 0 Å². The van der Waals surface area contributed by atoms with Crippen LogP contribution < -0.4 is 0 Å². The van der Waals surface area contributed by atoms with E-state index in [1.165, 1.54) is 0 Å². The molecule has 4 nitrogen and oxygen atoms in total. The Kier molecular flexibility index (Phi) is 4.06. The molecule has 5 heteroatoms. The summed E-state index contributed by atoms with van der Waals surface area (Å²) in [7, 11) is -1.95. The zero-order valence-electron chi connectivity index (χ0n) is 11.6. The van der Waals surface area contributed by atoms with Crippen LogP contribution in [0, 0.1) is 0 Å². The maximum Gasteiger partial charge on any atom is 0.308 e. The molecule has 100 valence electrons. The summed E-state index contributed by atoms with van der Waals surface area (Å²) in [5.74, 6) is -0.347. The number of hydrogen-bond donors (Lipinski definition) is 1. The van der Waals surface area contributed by atoms with Crippen molar-refractivity contribution in [2.75, 3.05) is 0 Å². The molecule has 1 fully saturated rings. The first-order chi connectivity index (χ1) is 7.54. The van der Waals surface area contributed by atoms with E-state index in [-0.39, 0.29) is 23.5 Å². The van der Waals surface area contributed by atoms with Crippen LogP contribution in [0.1, 0.15) is 34.1 Å². The van der Waals surface area contributed by atoms with E-state index in [0.29, 0.717) is 0 Å². The van der Waals surface area contributed by atoms with Crippen molar-refractivity contribution in [2.45, 2.75) is 70.6 Å². The summed E-state index contributed by atoms with van der Waals surface area (Å²) in [4.78, 5) is 11.2. The van der Waals surface area contributed by atoms with Crippen molar-refractivity contribution in [1.29, 1.82) is 0 Å². The molecule has 0 aromatic carbocycles. The minimum atomic E-state index is -1.95. The quantitative estimate of drug-likeness (QED) is 0.610. The molecule has 17 heavy (non-hydrogen) atoms. The van der Waals surface area contributed by atoms with Gasteiger partial charge in [-0.1, -0.05) is 20.8 Å². The van der Waals surface area contributed by atoms with Gasteiger partial charge in [0.15, 0.2) is 8.32 Å². The highest BCUT2D eigenvalue weighted by Gasteiger charge is 2.44. The van der Waals surface area contributed by atoms with Gasteiger partial charge in [0.05, 0.1) is 12.5 Å². The van der Waals surface area contributed by atoms with Gasteiger partial charge in [-0.05, 0) is 25.1 Å². The normalized spacial score (nSPS) is 31.2. The van der Waals surface area contributed by atoms with Crippen LogP contribution in [0.4, 0.5) is 0 Å². The van der Waals surface area contributed by atoms with Gasteiger partial charge in [0, 0.05) is 0 Å². The van der Waals surface area contributed by atoms with E-state index in [4.69, 9.17) is 9.16 Å². The molecule has 0 saturated carbocycles. The molecular formula is C12H24O4Si. The van der Waals surface area contributed by atoms with Crippen molar-refractivity contribution in [3.05, 3.63) is 0 Å². The van der Waals surface area contributed by atoms with E-state index < -0.39 is 20.5 Å². The van der Waals surface area contributed by atoms with Crippen LogP contribution in [0.5, 0.6) is 0 Å². The first-order valence-corrected chi connectivity index (χ1v) is 9.01. The van der Waals surface area contributed by atoms with Crippen LogP contribution in [0.3, 0.4) is 0 Å². The molecule has 0 aromatic rings. The Bertz CT molecular complexity index is 281. The van der Waals surface area contributed by atoms with Gasteiger partial charge in [-0.25, -0.2) is 0 Å². The maximum atomic E-state index is 11.2. The van der Waals surface area contributed by atoms with Gasteiger partial charge < -0.3 is 14.3 Å². The van der Waals surface area contributed by atoms with E-state index in [9.17, 15) is 9.90 Å². The molecule has 0 aromatic heterocycles. The lowest BCUT2D eigenvalue weighted by atomic mass is 10.0. The van der Waals surface area contributed by atoms with Gasteiger partial charge in [-0.2, -0.15) is 0 Å². The fourth-order valence-electron chi connectivity index (χ4n) is 1.61. The van der Waals surface area contributed by atoms with Gasteiger partial charge in [-0.15, -0.1) is 0 Å². The summed E-state index contributed by atoms with van der Waals surface area (Å²) in [5, 5.41) is 10.0. The van der Waals surface area contributed by atoms with Crippen LogP contribution >= 0.6 is 0 Å². The molecule has 0 radical (unpaired) electrons. The molecule has 1 N–H and O–H groups in total. The van der Waals surface area contributed by atoms with E-state index >= 15 is 0 Å². The van der Waals surface area contributed by atoms with Gasteiger partial charge in [0.1, 0.15) is 12.2 Å². The standard InChI is InChI=1S/C12H24O4Si/c1-8-11(9(13)7-10(14)15-8)16-17(5,6)12(2,3)4/h8-9,11,13H,7H2,1-6H3/t8-,9-,11-/m0/s1. The summed E-state index contributed by atoms with van der Waals surface area (Å²) >= 11 is 0. The average molecular weight is 260 g/mol. The largest absolute Gasteiger partial charge is 0.460 e. The second kappa shape index (κ2) is 4.70. The average Bonchev–Trinajstić information content (AvgIpc) is 2.09. The van der Waals surface area contributed by atoms with Gasteiger partial charge in [0.2, 0.25) is 0 Å². The third kappa shape index (κ3) is 3.30. The van der Waals surface area contributed by atoms with Crippen LogP contribution in [-0.4, -0.2) is 37.7 Å². The number of rotatable bonds is 2. The number of cyclic esters (lactones) is 1. The fraction of sp³-hybridized carbons (Fsp3) is 0.917. The third-order valence-corrected chi connectivity index (χ3v) is 8.25. The van der Waals surface area contributed by atoms with Gasteiger partial charge in [-0.3, -0.25) is 4.79 Å². The molecule has 1 heterocycles. The fourth-order valence-corrected chi connectivity index (χ4v) is 3.00. The molecule has 0 bridgehead atoms. The Hall–Kier alpha value is -0.393.